The molecular weight excluding hydrogens is 584 g/mol. The van der Waals surface area contributed by atoms with Crippen molar-refractivity contribution in [1.29, 1.82) is 0 Å². The van der Waals surface area contributed by atoms with Crippen LogP contribution < -0.4 is 15.8 Å². The Labute approximate surface area is 265 Å². The van der Waals surface area contributed by atoms with E-state index in [1.165, 1.54) is 22.9 Å². The van der Waals surface area contributed by atoms with Crippen LogP contribution in [0.3, 0.4) is 0 Å². The van der Waals surface area contributed by atoms with Gasteiger partial charge in [-0.05, 0) is 67.1 Å². The number of rotatable bonds is 6. The Balaban J connectivity index is 1.28. The van der Waals surface area contributed by atoms with E-state index in [1.807, 2.05) is 42.9 Å². The number of ether oxygens (including phenoxy) is 1. The van der Waals surface area contributed by atoms with Gasteiger partial charge in [0.05, 0.1) is 16.9 Å². The second-order valence-electron chi connectivity index (χ2n) is 13.0. The highest BCUT2D eigenvalue weighted by Gasteiger charge is 2.37. The first kappa shape index (κ1) is 29.5. The van der Waals surface area contributed by atoms with Crippen molar-refractivity contribution >= 4 is 40.0 Å². The molecule has 0 fully saturated rings. The molecule has 4 aromatic heterocycles. The Kier molecular flexibility index (Phi) is 6.84. The number of amides is 1. The first-order valence-corrected chi connectivity index (χ1v) is 15.3. The fraction of sp³-hybridized carbons (Fsp3) is 0.353. The molecule has 0 saturated heterocycles. The lowest BCUT2D eigenvalue weighted by Gasteiger charge is -2.31. The molecule has 1 aromatic carbocycles. The van der Waals surface area contributed by atoms with E-state index in [4.69, 9.17) is 4.74 Å². The fourth-order valence-corrected chi connectivity index (χ4v) is 6.89. The maximum atomic E-state index is 14.0. The van der Waals surface area contributed by atoms with Crippen molar-refractivity contribution in [2.45, 2.75) is 53.7 Å². The van der Waals surface area contributed by atoms with Crippen LogP contribution in [-0.2, 0) is 49.6 Å². The highest BCUT2D eigenvalue weighted by molar-refractivity contribution is 6.06. The van der Waals surface area contributed by atoms with Crippen LogP contribution in [-0.4, -0.2) is 47.5 Å². The summed E-state index contributed by atoms with van der Waals surface area (Å²) in [4.78, 5) is 45.5. The number of esters is 1. The minimum Gasteiger partial charge on any atom is -0.461 e. The van der Waals surface area contributed by atoms with Gasteiger partial charge in [0, 0.05) is 68.2 Å². The molecular formula is C34H36N8O4. The minimum absolute atomic E-state index is 0.118. The molecule has 236 valence electrons. The molecule has 0 spiro atoms. The molecule has 2 aliphatic rings. The van der Waals surface area contributed by atoms with E-state index in [0.717, 1.165) is 35.1 Å². The predicted molar refractivity (Wildman–Crippen MR) is 174 cm³/mol. The van der Waals surface area contributed by atoms with E-state index < -0.39 is 5.97 Å². The topological polar surface area (TPSA) is 129 Å². The number of benzene rings is 1. The van der Waals surface area contributed by atoms with Gasteiger partial charge in [-0.15, -0.1) is 0 Å². The molecule has 12 heteroatoms. The number of hydrogen-bond acceptors (Lipinski definition) is 8. The monoisotopic (exact) mass is 620 g/mol. The molecule has 0 saturated carbocycles. The van der Waals surface area contributed by atoms with E-state index in [0.29, 0.717) is 47.1 Å². The summed E-state index contributed by atoms with van der Waals surface area (Å²) in [5, 5.41) is 13.3. The normalized spacial score (nSPS) is 15.3. The molecule has 7 rings (SSSR count). The van der Waals surface area contributed by atoms with Crippen molar-refractivity contribution in [3.05, 3.63) is 81.2 Å². The molecule has 5 heterocycles. The van der Waals surface area contributed by atoms with Crippen molar-refractivity contribution in [1.82, 2.24) is 29.1 Å². The third-order valence-electron chi connectivity index (χ3n) is 8.99. The summed E-state index contributed by atoms with van der Waals surface area (Å²) < 4.78 is 10.7. The maximum Gasteiger partial charge on any atom is 0.302 e. The lowest BCUT2D eigenvalue weighted by atomic mass is 9.90. The Morgan fingerprint density at radius 1 is 1.02 bits per heavy atom. The smallest absolute Gasteiger partial charge is 0.302 e. The zero-order valence-electron chi connectivity index (χ0n) is 26.8. The number of anilines is 3. The van der Waals surface area contributed by atoms with Gasteiger partial charge in [0.25, 0.3) is 11.5 Å². The maximum absolute atomic E-state index is 14.0. The molecule has 1 N–H and O–H groups in total. The molecule has 0 unspecified atom stereocenters. The Hall–Kier alpha value is -5.26. The zero-order valence-corrected chi connectivity index (χ0v) is 26.8. The summed E-state index contributed by atoms with van der Waals surface area (Å²) >= 11 is 0. The number of pyridine rings is 1. The number of carbonyl (C=O) groups excluding carboxylic acids is 2. The molecule has 1 aliphatic heterocycles. The number of aromatic nitrogens is 6. The van der Waals surface area contributed by atoms with Gasteiger partial charge in [-0.1, -0.05) is 13.8 Å². The summed E-state index contributed by atoms with van der Waals surface area (Å²) in [7, 11) is 3.48. The van der Waals surface area contributed by atoms with Crippen LogP contribution in [0.1, 0.15) is 53.8 Å². The molecule has 1 aliphatic carbocycles. The molecule has 12 nitrogen and oxygen atoms in total. The van der Waals surface area contributed by atoms with Crippen molar-refractivity contribution < 1.29 is 14.3 Å². The standard InChI is InChI=1S/C34H36N8O4/c1-19-24-14-22(7-8-28(24)39(5)37-19)36-27-15-26(38-40(6)32(27)44)23-9-10-35-31(25(23)18-46-20(2)43)42-12-11-41-29(33(42)45)13-21-16-34(3,4)17-30(21)41/h7-10,13-15,36H,11-12,16-18H2,1-6H3. The molecule has 46 heavy (non-hydrogen) atoms. The van der Waals surface area contributed by atoms with Gasteiger partial charge in [0.15, 0.2) is 0 Å². The first-order valence-electron chi connectivity index (χ1n) is 15.3. The van der Waals surface area contributed by atoms with Crippen LogP contribution in [0, 0.1) is 12.3 Å². The SMILES string of the molecule is CC(=O)OCc1c(-c2cc(Nc3ccc4c(c3)c(C)nn4C)c(=O)n(C)n2)ccnc1N1CCn2c(cc3c2CC(C)(C)C3)C1=O. The summed E-state index contributed by atoms with van der Waals surface area (Å²) in [5.41, 5.74) is 7.48. The highest BCUT2D eigenvalue weighted by atomic mass is 16.5. The van der Waals surface area contributed by atoms with E-state index in [9.17, 15) is 14.4 Å². The third-order valence-corrected chi connectivity index (χ3v) is 8.99. The minimum atomic E-state index is -0.462. The molecule has 0 atom stereocenters. The van der Waals surface area contributed by atoms with Crippen LogP contribution in [0.15, 0.2) is 47.4 Å². The van der Waals surface area contributed by atoms with Gasteiger partial charge in [-0.25, -0.2) is 9.67 Å². The second kappa shape index (κ2) is 10.7. The van der Waals surface area contributed by atoms with Crippen molar-refractivity contribution in [2.24, 2.45) is 19.5 Å². The van der Waals surface area contributed by atoms with Crippen LogP contribution in [0.5, 0.6) is 0 Å². The quantitative estimate of drug-likeness (QED) is 0.276. The van der Waals surface area contributed by atoms with Gasteiger partial charge < -0.3 is 14.6 Å². The van der Waals surface area contributed by atoms with Gasteiger partial charge in [0.2, 0.25) is 0 Å². The lowest BCUT2D eigenvalue weighted by molar-refractivity contribution is -0.142. The number of hydrogen-bond donors (Lipinski definition) is 1. The number of carbonyl (C=O) groups is 2. The van der Waals surface area contributed by atoms with Crippen molar-refractivity contribution in [2.75, 3.05) is 16.8 Å². The average molecular weight is 621 g/mol. The van der Waals surface area contributed by atoms with E-state index in [1.54, 1.807) is 30.3 Å². The summed E-state index contributed by atoms with van der Waals surface area (Å²) in [6.07, 6.45) is 3.49. The summed E-state index contributed by atoms with van der Waals surface area (Å²) in [6, 6.07) is 11.3. The summed E-state index contributed by atoms with van der Waals surface area (Å²) in [6.45, 7) is 8.72. The number of fused-ring (bicyclic) bond motifs is 4. The predicted octanol–water partition coefficient (Wildman–Crippen LogP) is 4.43. The van der Waals surface area contributed by atoms with Crippen LogP contribution in [0.25, 0.3) is 22.2 Å². The van der Waals surface area contributed by atoms with Crippen molar-refractivity contribution in [3.8, 4) is 11.3 Å². The molecule has 1 amide bonds. The van der Waals surface area contributed by atoms with E-state index in [-0.39, 0.29) is 23.5 Å². The third kappa shape index (κ3) is 4.93. The molecule has 5 aromatic rings. The molecule has 0 radical (unpaired) electrons. The highest BCUT2D eigenvalue weighted by Crippen LogP contribution is 2.40. The van der Waals surface area contributed by atoms with E-state index in [2.05, 4.69) is 38.9 Å². The summed E-state index contributed by atoms with van der Waals surface area (Å²) in [5.74, 6) is -0.209. The van der Waals surface area contributed by atoms with Gasteiger partial charge in [0.1, 0.15) is 23.8 Å². The Morgan fingerprint density at radius 2 is 1.83 bits per heavy atom. The Morgan fingerprint density at radius 3 is 2.61 bits per heavy atom. The van der Waals surface area contributed by atoms with Crippen LogP contribution in [0.2, 0.25) is 0 Å². The average Bonchev–Trinajstić information content (AvgIpc) is 3.60. The molecule has 0 bridgehead atoms. The van der Waals surface area contributed by atoms with Crippen LogP contribution >= 0.6 is 0 Å². The largest absolute Gasteiger partial charge is 0.461 e. The zero-order chi connectivity index (χ0) is 32.5. The second-order valence-corrected chi connectivity index (χ2v) is 13.0. The van der Waals surface area contributed by atoms with Crippen LogP contribution in [0.4, 0.5) is 17.2 Å². The number of aryl methyl sites for hydroxylation is 3. The fourth-order valence-electron chi connectivity index (χ4n) is 6.89. The Bertz CT molecular complexity index is 2140. The van der Waals surface area contributed by atoms with Crippen molar-refractivity contribution in [3.63, 3.8) is 0 Å². The van der Waals surface area contributed by atoms with E-state index >= 15 is 0 Å². The number of nitrogens with zero attached hydrogens (tertiary/aromatic N) is 7. The van der Waals surface area contributed by atoms with Gasteiger partial charge >= 0.3 is 5.97 Å². The lowest BCUT2D eigenvalue weighted by Crippen LogP contribution is -2.41. The van der Waals surface area contributed by atoms with Gasteiger partial charge in [-0.2, -0.15) is 10.2 Å². The first-order chi connectivity index (χ1) is 21.9. The van der Waals surface area contributed by atoms with Gasteiger partial charge in [-0.3, -0.25) is 24.0 Å². The number of nitrogens with one attached hydrogen (secondary N) is 1.